The smallest absolute Gasteiger partial charge is 0.245 e. The Hall–Kier alpha value is -0.0200. The van der Waals surface area contributed by atoms with E-state index in [-0.39, 0.29) is 9.56 Å². The summed E-state index contributed by atoms with van der Waals surface area (Å²) in [5.74, 6) is 1.73. The third kappa shape index (κ3) is 4.24. The second kappa shape index (κ2) is 7.31. The first-order valence-corrected chi connectivity index (χ1v) is 9.95. The molecule has 1 unspecified atom stereocenters. The highest BCUT2D eigenvalue weighted by atomic mass is 79.9. The second-order valence-electron chi connectivity index (χ2n) is 4.62. The van der Waals surface area contributed by atoms with Gasteiger partial charge in [-0.25, -0.2) is 13.1 Å². The van der Waals surface area contributed by atoms with Crippen LogP contribution in [0.4, 0.5) is 0 Å². The lowest BCUT2D eigenvalue weighted by atomic mass is 10.2. The van der Waals surface area contributed by atoms with E-state index in [1.165, 1.54) is 6.42 Å². The number of hydrogen-bond donors (Lipinski definition) is 2. The normalized spacial score (nSPS) is 19.6. The molecule has 20 heavy (non-hydrogen) atoms. The van der Waals surface area contributed by atoms with Crippen LogP contribution >= 0.6 is 27.7 Å². The quantitative estimate of drug-likeness (QED) is 0.756. The maximum Gasteiger partial charge on any atom is 0.245 e. The van der Waals surface area contributed by atoms with E-state index >= 15 is 0 Å². The summed E-state index contributed by atoms with van der Waals surface area (Å²) in [6.07, 6.45) is 2.24. The highest BCUT2D eigenvalue weighted by molar-refractivity contribution is 9.10. The van der Waals surface area contributed by atoms with Gasteiger partial charge in [-0.3, -0.25) is 0 Å². The zero-order chi connectivity index (χ0) is 14.6. The molecule has 0 aliphatic carbocycles. The topological polar surface area (TPSA) is 71.3 Å². The first-order chi connectivity index (χ1) is 9.53. The fourth-order valence-electron chi connectivity index (χ4n) is 2.00. The van der Waals surface area contributed by atoms with E-state index in [1.807, 2.05) is 18.7 Å². The number of hydrogen-bond acceptors (Lipinski definition) is 5. The molecule has 1 aromatic rings. The molecule has 0 radical (unpaired) electrons. The molecule has 0 saturated carbocycles. The molecule has 1 aliphatic rings. The summed E-state index contributed by atoms with van der Waals surface area (Å²) in [5, 5.41) is 3.49. The minimum Gasteiger partial charge on any atom is -0.452 e. The van der Waals surface area contributed by atoms with E-state index < -0.39 is 10.0 Å². The zero-order valence-electron chi connectivity index (χ0n) is 11.3. The van der Waals surface area contributed by atoms with E-state index in [9.17, 15) is 8.42 Å². The van der Waals surface area contributed by atoms with Gasteiger partial charge in [0.2, 0.25) is 10.0 Å². The summed E-state index contributed by atoms with van der Waals surface area (Å²) in [4.78, 5) is 0.174. The van der Waals surface area contributed by atoms with E-state index in [0.29, 0.717) is 24.1 Å². The van der Waals surface area contributed by atoms with Crippen molar-refractivity contribution < 1.29 is 12.8 Å². The summed E-state index contributed by atoms with van der Waals surface area (Å²) >= 11 is 5.01. The number of nitrogens with one attached hydrogen (secondary N) is 2. The van der Waals surface area contributed by atoms with Crippen molar-refractivity contribution in [3.8, 4) is 0 Å². The van der Waals surface area contributed by atoms with E-state index in [4.69, 9.17) is 4.42 Å². The van der Waals surface area contributed by atoms with E-state index in [2.05, 4.69) is 26.0 Å². The molecule has 0 bridgehead atoms. The largest absolute Gasteiger partial charge is 0.452 e. The van der Waals surface area contributed by atoms with Crippen molar-refractivity contribution in [2.24, 2.45) is 0 Å². The van der Waals surface area contributed by atoms with Gasteiger partial charge in [-0.2, -0.15) is 11.8 Å². The summed E-state index contributed by atoms with van der Waals surface area (Å²) < 4.78 is 32.9. The third-order valence-corrected chi connectivity index (χ3v) is 6.75. The van der Waals surface area contributed by atoms with E-state index in [1.54, 1.807) is 6.07 Å². The first kappa shape index (κ1) is 16.4. The Balaban J connectivity index is 2.02. The van der Waals surface area contributed by atoms with Crippen molar-refractivity contribution in [1.29, 1.82) is 0 Å². The molecule has 1 aliphatic heterocycles. The van der Waals surface area contributed by atoms with Gasteiger partial charge in [-0.05, 0) is 41.1 Å². The number of furan rings is 1. The van der Waals surface area contributed by atoms with Crippen LogP contribution in [0, 0.1) is 0 Å². The molecule has 1 fully saturated rings. The first-order valence-electron chi connectivity index (χ1n) is 6.63. The Morgan fingerprint density at radius 2 is 2.35 bits per heavy atom. The predicted octanol–water partition coefficient (Wildman–Crippen LogP) is 2.33. The molecule has 2 heterocycles. The van der Waals surface area contributed by atoms with Crippen molar-refractivity contribution in [3.63, 3.8) is 0 Å². The number of sulfonamides is 1. The van der Waals surface area contributed by atoms with Crippen LogP contribution < -0.4 is 10.0 Å². The van der Waals surface area contributed by atoms with Crippen LogP contribution in [0.5, 0.6) is 0 Å². The minimum absolute atomic E-state index is 0.174. The monoisotopic (exact) mass is 382 g/mol. The Kier molecular flexibility index (Phi) is 5.97. The molecule has 0 amide bonds. The van der Waals surface area contributed by atoms with Crippen molar-refractivity contribution >= 4 is 37.7 Å². The van der Waals surface area contributed by atoms with Gasteiger partial charge in [0.15, 0.2) is 4.67 Å². The lowest BCUT2D eigenvalue weighted by Gasteiger charge is -2.09. The fraction of sp³-hybridized carbons (Fsp3) is 0.667. The molecular formula is C12H19BrN2O3S2. The van der Waals surface area contributed by atoms with Crippen LogP contribution in [0.3, 0.4) is 0 Å². The van der Waals surface area contributed by atoms with Gasteiger partial charge in [0, 0.05) is 17.9 Å². The van der Waals surface area contributed by atoms with E-state index in [0.717, 1.165) is 18.7 Å². The zero-order valence-corrected chi connectivity index (χ0v) is 14.5. The molecule has 0 spiro atoms. The summed E-state index contributed by atoms with van der Waals surface area (Å²) in [6.45, 7) is 3.78. The van der Waals surface area contributed by atoms with Crippen LogP contribution in [0.1, 0.15) is 25.5 Å². The van der Waals surface area contributed by atoms with Gasteiger partial charge >= 0.3 is 0 Å². The fourth-order valence-corrected chi connectivity index (χ4v) is 5.39. The Labute approximate surface area is 132 Å². The molecule has 1 saturated heterocycles. The summed E-state index contributed by atoms with van der Waals surface area (Å²) in [7, 11) is -3.51. The number of halogens is 1. The molecule has 5 nitrogen and oxygen atoms in total. The third-order valence-electron chi connectivity index (χ3n) is 3.07. The molecule has 2 rings (SSSR count). The van der Waals surface area contributed by atoms with Crippen molar-refractivity contribution in [3.05, 3.63) is 16.5 Å². The molecule has 1 atom stereocenters. The summed E-state index contributed by atoms with van der Waals surface area (Å²) in [6, 6.07) is 1.57. The highest BCUT2D eigenvalue weighted by Gasteiger charge is 2.24. The lowest BCUT2D eigenvalue weighted by molar-refractivity contribution is 0.464. The van der Waals surface area contributed by atoms with Crippen LogP contribution in [-0.4, -0.2) is 32.5 Å². The van der Waals surface area contributed by atoms with Gasteiger partial charge in [0.25, 0.3) is 0 Å². The van der Waals surface area contributed by atoms with Gasteiger partial charge < -0.3 is 9.73 Å². The lowest BCUT2D eigenvalue weighted by Crippen LogP contribution is -2.29. The second-order valence-corrected chi connectivity index (χ2v) is 8.48. The average Bonchev–Trinajstić information content (AvgIpc) is 3.03. The molecule has 1 aromatic heterocycles. The Morgan fingerprint density at radius 1 is 1.55 bits per heavy atom. The number of thioether (sulfide) groups is 1. The van der Waals surface area contributed by atoms with Crippen molar-refractivity contribution in [2.75, 3.05) is 18.8 Å². The van der Waals surface area contributed by atoms with Gasteiger partial charge in [-0.15, -0.1) is 0 Å². The number of rotatable bonds is 7. The van der Waals surface area contributed by atoms with Gasteiger partial charge in [0.1, 0.15) is 10.7 Å². The summed E-state index contributed by atoms with van der Waals surface area (Å²) in [5.41, 5.74) is 0. The van der Waals surface area contributed by atoms with Crippen LogP contribution in [0.25, 0.3) is 0 Å². The molecule has 2 N–H and O–H groups in total. The maximum atomic E-state index is 12.3. The maximum absolute atomic E-state index is 12.3. The Bertz CT molecular complexity index is 539. The van der Waals surface area contributed by atoms with Gasteiger partial charge in [-0.1, -0.05) is 6.92 Å². The molecule has 8 heteroatoms. The average molecular weight is 383 g/mol. The van der Waals surface area contributed by atoms with Crippen LogP contribution in [0.15, 0.2) is 20.0 Å². The van der Waals surface area contributed by atoms with Gasteiger partial charge in [0.05, 0.1) is 6.54 Å². The molecular weight excluding hydrogens is 364 g/mol. The Morgan fingerprint density at radius 3 is 3.00 bits per heavy atom. The van der Waals surface area contributed by atoms with Crippen LogP contribution in [0.2, 0.25) is 0 Å². The standard InChI is InChI=1S/C12H19BrN2O3S2/c1-2-14-7-9-6-11(12(13)18-9)20(16,17)15-8-10-4-3-5-19-10/h6,10,14-15H,2-5,7-8H2,1H3. The van der Waals surface area contributed by atoms with Crippen molar-refractivity contribution in [1.82, 2.24) is 10.0 Å². The molecule has 114 valence electrons. The molecule has 0 aromatic carbocycles. The predicted molar refractivity (Wildman–Crippen MR) is 84.5 cm³/mol. The SMILES string of the molecule is CCNCc1cc(S(=O)(=O)NCC2CCCS2)c(Br)o1. The van der Waals surface area contributed by atoms with Crippen molar-refractivity contribution in [2.45, 2.75) is 36.5 Å². The minimum atomic E-state index is -3.51. The highest BCUT2D eigenvalue weighted by Crippen LogP contribution is 2.28. The van der Waals surface area contributed by atoms with Crippen LogP contribution in [-0.2, 0) is 16.6 Å².